The van der Waals surface area contributed by atoms with Crippen molar-refractivity contribution in [2.75, 3.05) is 31.5 Å². The van der Waals surface area contributed by atoms with E-state index in [0.717, 1.165) is 6.54 Å². The first-order valence-corrected chi connectivity index (χ1v) is 9.21. The van der Waals surface area contributed by atoms with Crippen LogP contribution in [0.15, 0.2) is 18.2 Å². The van der Waals surface area contributed by atoms with Gasteiger partial charge in [-0.15, -0.1) is 0 Å². The lowest BCUT2D eigenvalue weighted by Crippen LogP contribution is -2.40. The summed E-state index contributed by atoms with van der Waals surface area (Å²) in [5.41, 5.74) is 4.88. The van der Waals surface area contributed by atoms with E-state index < -0.39 is 0 Å². The van der Waals surface area contributed by atoms with Crippen LogP contribution in [0.4, 0.5) is 5.69 Å². The van der Waals surface area contributed by atoms with Gasteiger partial charge in [0.25, 0.3) is 0 Å². The summed E-state index contributed by atoms with van der Waals surface area (Å²) in [5, 5.41) is 3.78. The molecule has 0 aromatic heterocycles. The number of nitrogens with zero attached hydrogens (tertiary/aromatic N) is 1. The number of benzene rings is 1. The maximum Gasteiger partial charge on any atom is 0.0375 e. The summed E-state index contributed by atoms with van der Waals surface area (Å²) in [6, 6.07) is 6.82. The summed E-state index contributed by atoms with van der Waals surface area (Å²) in [6.07, 6.45) is 9.42. The Morgan fingerprint density at radius 3 is 2.59 bits per heavy atom. The first kappa shape index (κ1) is 15.9. The minimum absolute atomic E-state index is 0.328. The highest BCUT2D eigenvalue weighted by molar-refractivity contribution is 5.55. The Hall–Kier alpha value is -1.02. The van der Waals surface area contributed by atoms with Gasteiger partial charge in [0.05, 0.1) is 0 Å². The van der Waals surface area contributed by atoms with Crippen molar-refractivity contribution in [2.45, 2.75) is 58.8 Å². The standard InChI is InChI=1S/C20H32N2/c1-20(2,16-22-13-6-3-7-14-22)15-21-19-12-8-10-17-9-4-5-11-18(17)19/h8,10,12,21H,3-7,9,11,13-16H2,1-2H3. The van der Waals surface area contributed by atoms with E-state index in [1.165, 1.54) is 70.3 Å². The topological polar surface area (TPSA) is 15.3 Å². The highest BCUT2D eigenvalue weighted by atomic mass is 15.1. The van der Waals surface area contributed by atoms with E-state index in [0.29, 0.717) is 5.41 Å². The van der Waals surface area contributed by atoms with E-state index in [1.807, 2.05) is 0 Å². The van der Waals surface area contributed by atoms with Gasteiger partial charge in [-0.25, -0.2) is 0 Å². The molecular formula is C20H32N2. The van der Waals surface area contributed by atoms with Crippen LogP contribution in [-0.4, -0.2) is 31.1 Å². The summed E-state index contributed by atoms with van der Waals surface area (Å²) in [4.78, 5) is 2.66. The normalized spacial score (nSPS) is 19.7. The molecule has 1 aliphatic carbocycles. The molecule has 1 aliphatic heterocycles. The molecule has 0 radical (unpaired) electrons. The highest BCUT2D eigenvalue weighted by Crippen LogP contribution is 2.29. The van der Waals surface area contributed by atoms with Crippen molar-refractivity contribution in [1.82, 2.24) is 4.90 Å². The predicted molar refractivity (Wildman–Crippen MR) is 95.6 cm³/mol. The maximum atomic E-state index is 3.78. The fraction of sp³-hybridized carbons (Fsp3) is 0.700. The fourth-order valence-corrected chi connectivity index (χ4v) is 4.06. The van der Waals surface area contributed by atoms with E-state index in [1.54, 1.807) is 11.1 Å². The van der Waals surface area contributed by atoms with Crippen LogP contribution in [0.3, 0.4) is 0 Å². The van der Waals surface area contributed by atoms with Crippen molar-refractivity contribution in [3.8, 4) is 0 Å². The molecule has 0 bridgehead atoms. The second-order valence-electron chi connectivity index (χ2n) is 8.00. The Morgan fingerprint density at radius 1 is 1.00 bits per heavy atom. The van der Waals surface area contributed by atoms with Gasteiger partial charge in [0.2, 0.25) is 0 Å². The zero-order valence-electron chi connectivity index (χ0n) is 14.5. The molecule has 0 atom stereocenters. The van der Waals surface area contributed by atoms with Crippen LogP contribution in [0.5, 0.6) is 0 Å². The SMILES string of the molecule is CC(C)(CNc1cccc2c1CCCC2)CN1CCCCC1. The largest absolute Gasteiger partial charge is 0.384 e. The molecule has 1 saturated heterocycles. The lowest BCUT2D eigenvalue weighted by molar-refractivity contribution is 0.160. The lowest BCUT2D eigenvalue weighted by atomic mass is 9.89. The molecule has 2 heteroatoms. The number of rotatable bonds is 5. The zero-order valence-corrected chi connectivity index (χ0v) is 14.5. The molecule has 22 heavy (non-hydrogen) atoms. The van der Waals surface area contributed by atoms with Crippen molar-refractivity contribution >= 4 is 5.69 Å². The van der Waals surface area contributed by atoms with Gasteiger partial charge >= 0.3 is 0 Å². The monoisotopic (exact) mass is 300 g/mol. The molecular weight excluding hydrogens is 268 g/mol. The first-order valence-electron chi connectivity index (χ1n) is 9.21. The minimum Gasteiger partial charge on any atom is -0.384 e. The summed E-state index contributed by atoms with van der Waals surface area (Å²) in [6.45, 7) is 9.69. The van der Waals surface area contributed by atoms with Crippen molar-refractivity contribution in [2.24, 2.45) is 5.41 Å². The number of hydrogen-bond donors (Lipinski definition) is 1. The summed E-state index contributed by atoms with van der Waals surface area (Å²) >= 11 is 0. The van der Waals surface area contributed by atoms with Crippen molar-refractivity contribution < 1.29 is 0 Å². The van der Waals surface area contributed by atoms with Crippen LogP contribution in [0.2, 0.25) is 0 Å². The molecule has 2 nitrogen and oxygen atoms in total. The Morgan fingerprint density at radius 2 is 1.77 bits per heavy atom. The van der Waals surface area contributed by atoms with E-state index in [4.69, 9.17) is 0 Å². The number of likely N-dealkylation sites (tertiary alicyclic amines) is 1. The average Bonchev–Trinajstić information content (AvgIpc) is 2.53. The van der Waals surface area contributed by atoms with Crippen LogP contribution in [-0.2, 0) is 12.8 Å². The molecule has 1 aromatic carbocycles. The smallest absolute Gasteiger partial charge is 0.0375 e. The van der Waals surface area contributed by atoms with Crippen molar-refractivity contribution in [1.29, 1.82) is 0 Å². The van der Waals surface area contributed by atoms with Gasteiger partial charge in [0, 0.05) is 18.8 Å². The zero-order chi connectivity index (χ0) is 15.4. The van der Waals surface area contributed by atoms with E-state index in [9.17, 15) is 0 Å². The van der Waals surface area contributed by atoms with E-state index in [2.05, 4.69) is 42.3 Å². The molecule has 1 N–H and O–H groups in total. The Bertz CT molecular complexity index is 486. The van der Waals surface area contributed by atoms with Gasteiger partial charge in [-0.3, -0.25) is 0 Å². The number of anilines is 1. The first-order chi connectivity index (χ1) is 10.6. The second-order valence-corrected chi connectivity index (χ2v) is 8.00. The quantitative estimate of drug-likeness (QED) is 0.862. The number of piperidine rings is 1. The molecule has 0 amide bonds. The van der Waals surface area contributed by atoms with E-state index >= 15 is 0 Å². The summed E-state index contributed by atoms with van der Waals surface area (Å²) < 4.78 is 0. The van der Waals surface area contributed by atoms with Crippen molar-refractivity contribution in [3.63, 3.8) is 0 Å². The number of aryl methyl sites for hydroxylation is 1. The molecule has 1 fully saturated rings. The maximum absolute atomic E-state index is 3.78. The van der Waals surface area contributed by atoms with Gasteiger partial charge in [-0.2, -0.15) is 0 Å². The number of fused-ring (bicyclic) bond motifs is 1. The van der Waals surface area contributed by atoms with Crippen LogP contribution in [0.1, 0.15) is 57.1 Å². The number of nitrogens with one attached hydrogen (secondary N) is 1. The molecule has 0 saturated carbocycles. The molecule has 0 spiro atoms. The van der Waals surface area contributed by atoms with Gasteiger partial charge in [-0.05, 0) is 74.2 Å². The fourth-order valence-electron chi connectivity index (χ4n) is 4.06. The molecule has 3 rings (SSSR count). The van der Waals surface area contributed by atoms with Crippen LogP contribution in [0.25, 0.3) is 0 Å². The third-order valence-electron chi connectivity index (χ3n) is 5.25. The third-order valence-corrected chi connectivity index (χ3v) is 5.25. The lowest BCUT2D eigenvalue weighted by Gasteiger charge is -2.35. The third kappa shape index (κ3) is 4.04. The minimum atomic E-state index is 0.328. The summed E-state index contributed by atoms with van der Waals surface area (Å²) in [7, 11) is 0. The van der Waals surface area contributed by atoms with Gasteiger partial charge in [0.15, 0.2) is 0 Å². The molecule has 0 unspecified atom stereocenters. The Labute approximate surface area is 136 Å². The van der Waals surface area contributed by atoms with Crippen LogP contribution >= 0.6 is 0 Å². The van der Waals surface area contributed by atoms with Crippen molar-refractivity contribution in [3.05, 3.63) is 29.3 Å². The van der Waals surface area contributed by atoms with Crippen LogP contribution < -0.4 is 5.32 Å². The van der Waals surface area contributed by atoms with Gasteiger partial charge in [-0.1, -0.05) is 32.4 Å². The predicted octanol–water partition coefficient (Wildman–Crippen LogP) is 4.49. The number of hydrogen-bond acceptors (Lipinski definition) is 2. The summed E-state index contributed by atoms with van der Waals surface area (Å²) in [5.74, 6) is 0. The average molecular weight is 300 g/mol. The Kier molecular flexibility index (Phi) is 5.07. The molecule has 1 aromatic rings. The molecule has 1 heterocycles. The van der Waals surface area contributed by atoms with Gasteiger partial charge in [0.1, 0.15) is 0 Å². The van der Waals surface area contributed by atoms with E-state index in [-0.39, 0.29) is 0 Å². The van der Waals surface area contributed by atoms with Crippen LogP contribution in [0, 0.1) is 5.41 Å². The molecule has 122 valence electrons. The highest BCUT2D eigenvalue weighted by Gasteiger charge is 2.23. The Balaban J connectivity index is 1.59. The molecule has 2 aliphatic rings. The van der Waals surface area contributed by atoms with Gasteiger partial charge < -0.3 is 10.2 Å². The second kappa shape index (κ2) is 7.04.